The van der Waals surface area contributed by atoms with Crippen molar-refractivity contribution in [2.45, 2.75) is 38.6 Å². The average molecular weight is 529 g/mol. The zero-order valence-corrected chi connectivity index (χ0v) is 21.8. The second kappa shape index (κ2) is 13.8. The van der Waals surface area contributed by atoms with Crippen molar-refractivity contribution in [1.82, 2.24) is 15.5 Å². The highest BCUT2D eigenvalue weighted by molar-refractivity contribution is 5.94. The van der Waals surface area contributed by atoms with Crippen LogP contribution >= 0.6 is 0 Å². The van der Waals surface area contributed by atoms with Crippen LogP contribution < -0.4 is 15.4 Å². The van der Waals surface area contributed by atoms with Crippen molar-refractivity contribution in [3.8, 4) is 28.7 Å². The third kappa shape index (κ3) is 8.16. The fraction of sp³-hybridized carbons (Fsp3) is 0.267. The molecule has 0 aliphatic heterocycles. The second-order valence-electron chi connectivity index (χ2n) is 9.07. The zero-order chi connectivity index (χ0) is 27.5. The Morgan fingerprint density at radius 2 is 1.59 bits per heavy atom. The fourth-order valence-electron chi connectivity index (χ4n) is 3.91. The Bertz CT molecular complexity index is 1340. The number of amides is 1. The summed E-state index contributed by atoms with van der Waals surface area (Å²) in [6.45, 7) is 2.71. The maximum Gasteiger partial charge on any atom is 0.305 e. The number of hydrogen-bond acceptors (Lipinski definition) is 7. The van der Waals surface area contributed by atoms with Gasteiger partial charge >= 0.3 is 5.97 Å². The van der Waals surface area contributed by atoms with Crippen molar-refractivity contribution in [3.63, 3.8) is 0 Å². The van der Waals surface area contributed by atoms with E-state index in [1.54, 1.807) is 12.1 Å². The zero-order valence-electron chi connectivity index (χ0n) is 21.8. The van der Waals surface area contributed by atoms with Crippen LogP contribution in [0.15, 0.2) is 83.3 Å². The van der Waals surface area contributed by atoms with Gasteiger partial charge in [-0.15, -0.1) is 10.2 Å². The van der Waals surface area contributed by atoms with E-state index in [0.717, 1.165) is 41.8 Å². The second-order valence-corrected chi connectivity index (χ2v) is 9.07. The Hall–Kier alpha value is -4.66. The number of carbonyl (C=O) groups excluding carboxylic acids is 1. The number of anilines is 1. The molecule has 202 valence electrons. The number of aliphatic carboxylic acids is 1. The summed E-state index contributed by atoms with van der Waals surface area (Å²) in [5.41, 5.74) is 3.03. The van der Waals surface area contributed by atoms with Crippen LogP contribution in [0.1, 0.15) is 43.0 Å². The number of hydrogen-bond donors (Lipinski definition) is 3. The van der Waals surface area contributed by atoms with Crippen molar-refractivity contribution < 1.29 is 23.8 Å². The predicted octanol–water partition coefficient (Wildman–Crippen LogP) is 5.66. The quantitative estimate of drug-likeness (QED) is 0.191. The minimum atomic E-state index is -0.949. The lowest BCUT2D eigenvalue weighted by Gasteiger charge is -2.20. The van der Waals surface area contributed by atoms with Gasteiger partial charge in [0.15, 0.2) is 0 Å². The molecule has 39 heavy (non-hydrogen) atoms. The molecule has 1 amide bonds. The normalized spacial score (nSPS) is 11.5. The van der Waals surface area contributed by atoms with E-state index in [-0.39, 0.29) is 24.9 Å². The van der Waals surface area contributed by atoms with E-state index in [2.05, 4.69) is 27.8 Å². The van der Waals surface area contributed by atoms with Crippen LogP contribution in [0.4, 0.5) is 5.69 Å². The van der Waals surface area contributed by atoms with E-state index in [4.69, 9.17) is 14.3 Å². The summed E-state index contributed by atoms with van der Waals surface area (Å²) in [5, 5.41) is 23.1. The van der Waals surface area contributed by atoms with Crippen LogP contribution in [0.3, 0.4) is 0 Å². The minimum absolute atomic E-state index is 0.0734. The van der Waals surface area contributed by atoms with Crippen molar-refractivity contribution in [1.29, 1.82) is 0 Å². The number of ether oxygens (including phenoxy) is 1. The van der Waals surface area contributed by atoms with Crippen molar-refractivity contribution in [2.24, 2.45) is 0 Å². The van der Waals surface area contributed by atoms with Gasteiger partial charge in [-0.05, 0) is 67.1 Å². The molecule has 9 heteroatoms. The summed E-state index contributed by atoms with van der Waals surface area (Å²) >= 11 is 0. The van der Waals surface area contributed by atoms with Gasteiger partial charge < -0.3 is 24.9 Å². The van der Waals surface area contributed by atoms with E-state index in [0.29, 0.717) is 24.0 Å². The van der Waals surface area contributed by atoms with Crippen molar-refractivity contribution >= 4 is 17.6 Å². The van der Waals surface area contributed by atoms with Gasteiger partial charge in [0.05, 0.1) is 12.5 Å². The van der Waals surface area contributed by atoms with Crippen LogP contribution in [0, 0.1) is 0 Å². The predicted molar refractivity (Wildman–Crippen MR) is 149 cm³/mol. The summed E-state index contributed by atoms with van der Waals surface area (Å²) in [5.74, 6) is 0.409. The summed E-state index contributed by atoms with van der Waals surface area (Å²) in [7, 11) is 0. The topological polar surface area (TPSA) is 127 Å². The highest BCUT2D eigenvalue weighted by Crippen LogP contribution is 2.25. The molecule has 1 aromatic heterocycles. The highest BCUT2D eigenvalue weighted by atomic mass is 16.5. The van der Waals surface area contributed by atoms with E-state index >= 15 is 0 Å². The molecule has 0 radical (unpaired) electrons. The molecule has 0 fully saturated rings. The molecule has 0 saturated heterocycles. The number of carbonyl (C=O) groups is 2. The maximum absolute atomic E-state index is 12.2. The van der Waals surface area contributed by atoms with E-state index in [9.17, 15) is 9.59 Å². The van der Waals surface area contributed by atoms with Crippen LogP contribution in [-0.2, 0) is 4.79 Å². The van der Waals surface area contributed by atoms with E-state index in [1.165, 1.54) is 0 Å². The van der Waals surface area contributed by atoms with Gasteiger partial charge in [0.1, 0.15) is 12.4 Å². The van der Waals surface area contributed by atoms with E-state index < -0.39 is 5.97 Å². The average Bonchev–Trinajstić information content (AvgIpc) is 3.46. The largest absolute Gasteiger partial charge is 0.491 e. The molecule has 3 N–H and O–H groups in total. The lowest BCUT2D eigenvalue weighted by atomic mass is 10.1. The molecule has 9 nitrogen and oxygen atoms in total. The number of carboxylic acids is 1. The smallest absolute Gasteiger partial charge is 0.305 e. The standard InChI is InChI=1S/C30H32N4O5/c1-2-3-9-25(32-24-14-10-21(11-15-24)28(37)31-19-18-27(35)36)20-38-26-16-12-23(13-17-26)30-34-33-29(39-30)22-7-5-4-6-8-22/h4-8,10-17,25,32H,2-3,9,18-20H2,1H3,(H,31,37)(H,35,36)/t25-/m0/s1. The Labute approximate surface area is 227 Å². The molecule has 0 saturated carbocycles. The summed E-state index contributed by atoms with van der Waals surface area (Å²) in [4.78, 5) is 22.8. The van der Waals surface area contributed by atoms with Gasteiger partial charge in [-0.1, -0.05) is 38.0 Å². The number of nitrogens with zero attached hydrogens (tertiary/aromatic N) is 2. The summed E-state index contributed by atoms with van der Waals surface area (Å²) < 4.78 is 11.9. The molecule has 3 aromatic carbocycles. The number of benzene rings is 3. The van der Waals surface area contributed by atoms with Gasteiger partial charge in [0, 0.05) is 28.9 Å². The first-order chi connectivity index (χ1) is 19.0. The number of aromatic nitrogens is 2. The molecule has 1 heterocycles. The maximum atomic E-state index is 12.2. The lowest BCUT2D eigenvalue weighted by molar-refractivity contribution is -0.136. The SMILES string of the molecule is CCCC[C@@H](COc1ccc(-c2nnc(-c3ccccc3)o2)cc1)Nc1ccc(C(=O)NCCC(=O)O)cc1. The van der Waals surface area contributed by atoms with Crippen molar-refractivity contribution in [2.75, 3.05) is 18.5 Å². The highest BCUT2D eigenvalue weighted by Gasteiger charge is 2.13. The summed E-state index contributed by atoms with van der Waals surface area (Å²) in [6.07, 6.45) is 2.93. The first kappa shape index (κ1) is 27.4. The van der Waals surface area contributed by atoms with Gasteiger partial charge in [-0.25, -0.2) is 0 Å². The molecule has 0 aliphatic rings. The number of rotatable bonds is 14. The van der Waals surface area contributed by atoms with Crippen LogP contribution in [0.5, 0.6) is 5.75 Å². The van der Waals surface area contributed by atoms with Gasteiger partial charge in [0.25, 0.3) is 5.91 Å². The number of unbranched alkanes of at least 4 members (excludes halogenated alkanes) is 1. The lowest BCUT2D eigenvalue weighted by Crippen LogP contribution is -2.27. The van der Waals surface area contributed by atoms with Gasteiger partial charge in [-0.2, -0.15) is 0 Å². The van der Waals surface area contributed by atoms with Crippen molar-refractivity contribution in [3.05, 3.63) is 84.4 Å². The molecule has 0 spiro atoms. The van der Waals surface area contributed by atoms with Crippen LogP contribution in [-0.4, -0.2) is 46.4 Å². The molecule has 4 aromatic rings. The minimum Gasteiger partial charge on any atom is -0.491 e. The third-order valence-electron chi connectivity index (χ3n) is 6.05. The van der Waals surface area contributed by atoms with Gasteiger partial charge in [-0.3, -0.25) is 9.59 Å². The third-order valence-corrected chi connectivity index (χ3v) is 6.05. The monoisotopic (exact) mass is 528 g/mol. The van der Waals surface area contributed by atoms with Crippen LogP contribution in [0.25, 0.3) is 22.9 Å². The molecule has 1 atom stereocenters. The molecule has 0 aliphatic carbocycles. The van der Waals surface area contributed by atoms with E-state index in [1.807, 2.05) is 66.7 Å². The molecule has 0 bridgehead atoms. The Morgan fingerprint density at radius 1 is 0.923 bits per heavy atom. The first-order valence-corrected chi connectivity index (χ1v) is 13.0. The number of nitrogens with one attached hydrogen (secondary N) is 2. The first-order valence-electron chi connectivity index (χ1n) is 13.0. The summed E-state index contributed by atoms with van der Waals surface area (Å²) in [6, 6.07) is 24.4. The molecular weight excluding hydrogens is 496 g/mol. The Kier molecular flexibility index (Phi) is 9.66. The van der Waals surface area contributed by atoms with Crippen LogP contribution in [0.2, 0.25) is 0 Å². The molecule has 0 unspecified atom stereocenters. The number of carboxylic acid groups (broad SMARTS) is 1. The van der Waals surface area contributed by atoms with Gasteiger partial charge in [0.2, 0.25) is 11.8 Å². The fourth-order valence-corrected chi connectivity index (χ4v) is 3.91. The Morgan fingerprint density at radius 3 is 2.23 bits per heavy atom. The molecule has 4 rings (SSSR count). The Balaban J connectivity index is 1.32. The molecular formula is C30H32N4O5.